The highest BCUT2D eigenvalue weighted by Crippen LogP contribution is 2.43. The molecular weight excluding hydrogens is 628 g/mol. The normalized spacial score (nSPS) is 22.8. The van der Waals surface area contributed by atoms with Crippen molar-refractivity contribution in [1.82, 2.24) is 0 Å². The van der Waals surface area contributed by atoms with E-state index in [-0.39, 0.29) is 29.3 Å². The summed E-state index contributed by atoms with van der Waals surface area (Å²) < 4.78 is 66.0. The number of hydrogen-bond acceptors (Lipinski definition) is 8. The van der Waals surface area contributed by atoms with Crippen LogP contribution in [-0.4, -0.2) is 51.5 Å². The van der Waals surface area contributed by atoms with Gasteiger partial charge in [-0.3, -0.25) is 4.18 Å². The summed E-state index contributed by atoms with van der Waals surface area (Å²) in [7, 11) is -4.23. The second-order valence-corrected chi connectivity index (χ2v) is 15.5. The minimum Gasteiger partial charge on any atom is -0.493 e. The van der Waals surface area contributed by atoms with E-state index in [9.17, 15) is 8.42 Å². The highest BCUT2D eigenvalue weighted by atomic mass is 32.2. The number of rotatable bonds is 14. The first-order chi connectivity index (χ1) is 22.7. The Morgan fingerprint density at radius 1 is 0.812 bits per heavy atom. The van der Waals surface area contributed by atoms with Crippen LogP contribution in [0, 0.1) is 0 Å². The molecule has 48 heavy (non-hydrogen) atoms. The van der Waals surface area contributed by atoms with Gasteiger partial charge in [-0.25, -0.2) is 0 Å². The first-order valence-corrected chi connectivity index (χ1v) is 18.2. The third-order valence-electron chi connectivity index (χ3n) is 8.88. The molecule has 8 nitrogen and oxygen atoms in total. The topological polar surface area (TPSA) is 89.5 Å². The molecule has 5 rings (SSSR count). The van der Waals surface area contributed by atoms with E-state index >= 15 is 0 Å². The van der Waals surface area contributed by atoms with Gasteiger partial charge in [0.1, 0.15) is 35.9 Å². The van der Waals surface area contributed by atoms with Crippen LogP contribution in [0.1, 0.15) is 107 Å². The molecule has 260 valence electrons. The van der Waals surface area contributed by atoms with Crippen LogP contribution in [0.5, 0.6) is 0 Å². The molecule has 2 heterocycles. The molecule has 0 spiro atoms. The molecule has 2 fully saturated rings. The SMILES string of the molecule is C=CO[C@H](COS(=O)(=O)c1c(C(C)C)cc(C(C)C)cc1C(C)C)[C@H]1O[C@@H]2OC(C)(C)O[C@@H]2[C@H]1OC(c1ccccc1)c1ccccc1. The van der Waals surface area contributed by atoms with Gasteiger partial charge in [0.05, 0.1) is 6.26 Å². The molecule has 5 atom stereocenters. The number of fused-ring (bicyclic) bond motifs is 1. The third kappa shape index (κ3) is 7.88. The van der Waals surface area contributed by atoms with Crippen molar-refractivity contribution >= 4 is 10.1 Å². The van der Waals surface area contributed by atoms with E-state index in [0.717, 1.165) is 27.8 Å². The fourth-order valence-electron chi connectivity index (χ4n) is 6.45. The number of benzene rings is 3. The van der Waals surface area contributed by atoms with E-state index in [4.69, 9.17) is 27.9 Å². The lowest BCUT2D eigenvalue weighted by Gasteiger charge is -2.33. The van der Waals surface area contributed by atoms with Crippen LogP contribution in [0.15, 0.2) is 90.5 Å². The minimum atomic E-state index is -4.23. The summed E-state index contributed by atoms with van der Waals surface area (Å²) in [5, 5.41) is 0. The van der Waals surface area contributed by atoms with Crippen molar-refractivity contribution in [3.8, 4) is 0 Å². The van der Waals surface area contributed by atoms with E-state index in [0.29, 0.717) is 0 Å². The molecule has 0 aliphatic carbocycles. The van der Waals surface area contributed by atoms with Gasteiger partial charge in [-0.2, -0.15) is 8.42 Å². The van der Waals surface area contributed by atoms with E-state index in [1.165, 1.54) is 6.26 Å². The van der Waals surface area contributed by atoms with Crippen LogP contribution in [0.3, 0.4) is 0 Å². The van der Waals surface area contributed by atoms with Crippen LogP contribution < -0.4 is 0 Å². The molecule has 2 saturated heterocycles. The number of hydrogen-bond donors (Lipinski definition) is 0. The van der Waals surface area contributed by atoms with Crippen molar-refractivity contribution in [3.63, 3.8) is 0 Å². The van der Waals surface area contributed by atoms with Crippen molar-refractivity contribution in [2.75, 3.05) is 6.61 Å². The Morgan fingerprint density at radius 3 is 1.83 bits per heavy atom. The summed E-state index contributed by atoms with van der Waals surface area (Å²) in [5.74, 6) is -0.760. The Kier molecular flexibility index (Phi) is 11.2. The molecule has 9 heteroatoms. The monoisotopic (exact) mass is 678 g/mol. The van der Waals surface area contributed by atoms with E-state index in [1.54, 1.807) is 0 Å². The molecule has 0 amide bonds. The summed E-state index contributed by atoms with van der Waals surface area (Å²) in [6.07, 6.45) is -3.06. The lowest BCUT2D eigenvalue weighted by molar-refractivity contribution is -0.233. The van der Waals surface area contributed by atoms with Gasteiger partial charge in [-0.1, -0.05) is 121 Å². The maximum absolute atomic E-state index is 14.2. The lowest BCUT2D eigenvalue weighted by atomic mass is 9.89. The van der Waals surface area contributed by atoms with Crippen molar-refractivity contribution in [2.45, 2.75) is 121 Å². The van der Waals surface area contributed by atoms with Crippen LogP contribution in [0.2, 0.25) is 0 Å². The Balaban J connectivity index is 1.49. The van der Waals surface area contributed by atoms with Gasteiger partial charge >= 0.3 is 0 Å². The average molecular weight is 679 g/mol. The first kappa shape index (κ1) is 36.2. The molecule has 2 aliphatic heterocycles. The largest absolute Gasteiger partial charge is 0.493 e. The lowest BCUT2D eigenvalue weighted by Crippen LogP contribution is -2.46. The Morgan fingerprint density at radius 2 is 1.35 bits per heavy atom. The summed E-state index contributed by atoms with van der Waals surface area (Å²) >= 11 is 0. The highest BCUT2D eigenvalue weighted by Gasteiger charge is 2.58. The van der Waals surface area contributed by atoms with Crippen LogP contribution in [0.4, 0.5) is 0 Å². The average Bonchev–Trinajstić information content (AvgIpc) is 3.53. The summed E-state index contributed by atoms with van der Waals surface area (Å²) in [6, 6.07) is 23.8. The molecule has 3 aromatic carbocycles. The van der Waals surface area contributed by atoms with E-state index in [2.05, 4.69) is 20.4 Å². The molecular formula is C39H50O8S. The van der Waals surface area contributed by atoms with Crippen molar-refractivity contribution in [2.24, 2.45) is 0 Å². The molecule has 0 radical (unpaired) electrons. The second-order valence-electron chi connectivity index (χ2n) is 13.9. The van der Waals surface area contributed by atoms with Gasteiger partial charge in [0.25, 0.3) is 10.1 Å². The zero-order chi connectivity index (χ0) is 34.8. The molecule has 0 aromatic heterocycles. The van der Waals surface area contributed by atoms with E-state index < -0.39 is 52.7 Å². The maximum Gasteiger partial charge on any atom is 0.297 e. The fourth-order valence-corrected chi connectivity index (χ4v) is 8.05. The van der Waals surface area contributed by atoms with Gasteiger partial charge in [0.2, 0.25) is 0 Å². The molecule has 0 bridgehead atoms. The van der Waals surface area contributed by atoms with Crippen molar-refractivity contribution in [1.29, 1.82) is 0 Å². The van der Waals surface area contributed by atoms with Crippen molar-refractivity contribution < 1.29 is 36.3 Å². The predicted molar refractivity (Wildman–Crippen MR) is 185 cm³/mol. The zero-order valence-electron chi connectivity index (χ0n) is 29.3. The summed E-state index contributed by atoms with van der Waals surface area (Å²) in [6.45, 7) is 19.3. The summed E-state index contributed by atoms with van der Waals surface area (Å²) in [4.78, 5) is 0.216. The second kappa shape index (κ2) is 14.8. The van der Waals surface area contributed by atoms with Gasteiger partial charge in [0.15, 0.2) is 18.2 Å². The molecule has 2 aliphatic rings. The van der Waals surface area contributed by atoms with Gasteiger partial charge in [-0.05, 0) is 59.4 Å². The Labute approximate surface area is 286 Å². The molecule has 0 unspecified atom stereocenters. The highest BCUT2D eigenvalue weighted by molar-refractivity contribution is 7.86. The smallest absolute Gasteiger partial charge is 0.297 e. The van der Waals surface area contributed by atoms with Crippen molar-refractivity contribution in [3.05, 3.63) is 113 Å². The summed E-state index contributed by atoms with van der Waals surface area (Å²) in [5.41, 5.74) is 4.44. The van der Waals surface area contributed by atoms with Crippen LogP contribution >= 0.6 is 0 Å². The fraction of sp³-hybridized carbons (Fsp3) is 0.487. The number of ether oxygens (including phenoxy) is 5. The third-order valence-corrected chi connectivity index (χ3v) is 10.3. The quantitative estimate of drug-likeness (QED) is 0.124. The first-order valence-electron chi connectivity index (χ1n) is 16.8. The van der Waals surface area contributed by atoms with Gasteiger partial charge < -0.3 is 23.7 Å². The zero-order valence-corrected chi connectivity index (χ0v) is 30.1. The standard InChI is InChI=1S/C39H50O8S/c1-10-42-32(23-43-48(40,41)37-30(25(4)5)21-29(24(2)3)22-31(37)26(6)7)34-35(36-38(45-34)47-39(8,9)46-36)44-33(27-17-13-11-14-18-27)28-19-15-12-16-20-28/h10-22,24-26,32-36,38H,1,23H2,2-9H3/t32-,34-,35+,36-,38-/m1/s1. The Bertz CT molecular complexity index is 1570. The Hall–Kier alpha value is -3.05. The van der Waals surface area contributed by atoms with Crippen LogP contribution in [-0.2, 0) is 38.0 Å². The predicted octanol–water partition coefficient (Wildman–Crippen LogP) is 8.34. The maximum atomic E-state index is 14.2. The molecule has 0 saturated carbocycles. The van der Waals surface area contributed by atoms with Gasteiger partial charge in [-0.15, -0.1) is 0 Å². The molecule has 0 N–H and O–H groups in total. The van der Waals surface area contributed by atoms with Gasteiger partial charge in [0, 0.05) is 0 Å². The van der Waals surface area contributed by atoms with E-state index in [1.807, 2.05) is 114 Å². The molecule has 3 aromatic rings. The van der Waals surface area contributed by atoms with Crippen LogP contribution in [0.25, 0.3) is 0 Å². The minimum absolute atomic E-state index is 0.0457.